The molecule has 0 aliphatic rings. The summed E-state index contributed by atoms with van der Waals surface area (Å²) in [6.07, 6.45) is -4.28. The van der Waals surface area contributed by atoms with Crippen molar-refractivity contribution in [3.05, 3.63) is 64.2 Å². The molecule has 0 unspecified atom stereocenters. The van der Waals surface area contributed by atoms with Gasteiger partial charge in [-0.25, -0.2) is 13.3 Å². The Balaban J connectivity index is 2.86. The van der Waals surface area contributed by atoms with E-state index >= 15 is 0 Å². The lowest BCUT2D eigenvalue weighted by molar-refractivity contribution is -0.137. The van der Waals surface area contributed by atoms with Gasteiger partial charge in [0.2, 0.25) is 5.91 Å². The molecular weight excluding hydrogens is 446 g/mol. The molecule has 0 aliphatic heterocycles. The van der Waals surface area contributed by atoms with Crippen molar-refractivity contribution in [1.82, 2.24) is 9.71 Å². The number of rotatable bonds is 6. The van der Waals surface area contributed by atoms with E-state index in [2.05, 4.69) is 9.71 Å². The van der Waals surface area contributed by atoms with Gasteiger partial charge < -0.3 is 5.73 Å². The molecule has 2 rings (SSSR count). The maximum atomic E-state index is 14.2. The van der Waals surface area contributed by atoms with Crippen LogP contribution in [0.1, 0.15) is 44.0 Å². The Labute approximate surface area is 178 Å². The molecule has 1 heterocycles. The van der Waals surface area contributed by atoms with Crippen molar-refractivity contribution in [3.63, 3.8) is 0 Å². The lowest BCUT2D eigenvalue weighted by atomic mass is 9.83. The van der Waals surface area contributed by atoms with Crippen LogP contribution in [0.3, 0.4) is 0 Å². The lowest BCUT2D eigenvalue weighted by Crippen LogP contribution is -2.51. The van der Waals surface area contributed by atoms with Gasteiger partial charge in [0.25, 0.3) is 0 Å². The van der Waals surface area contributed by atoms with Gasteiger partial charge in [0.15, 0.2) is 0 Å². The molecule has 0 fully saturated rings. The molecular formula is C19H20ClF4N3O2S. The zero-order valence-corrected chi connectivity index (χ0v) is 17.9. The Morgan fingerprint density at radius 3 is 2.23 bits per heavy atom. The molecule has 0 spiro atoms. The summed E-state index contributed by atoms with van der Waals surface area (Å²) in [5.41, 5.74) is 1.90. The zero-order chi connectivity index (χ0) is 22.9. The fourth-order valence-corrected chi connectivity index (χ4v) is 3.72. The van der Waals surface area contributed by atoms with Gasteiger partial charge in [0, 0.05) is 6.20 Å². The van der Waals surface area contributed by atoms with Gasteiger partial charge in [-0.2, -0.15) is 13.2 Å². The second kappa shape index (κ2) is 8.60. The summed E-state index contributed by atoms with van der Waals surface area (Å²) in [4.78, 5) is 16.0. The normalized spacial score (nSPS) is 15.5. The number of nitrogens with one attached hydrogen (secondary N) is 1. The minimum Gasteiger partial charge on any atom is -0.370 e. The molecule has 1 aromatic heterocycles. The monoisotopic (exact) mass is 465 g/mol. The molecule has 0 bridgehead atoms. The number of primary amides is 1. The number of pyridine rings is 1. The van der Waals surface area contributed by atoms with Crippen LogP contribution in [0.15, 0.2) is 36.5 Å². The molecule has 0 aliphatic carbocycles. The molecule has 2 aromatic rings. The molecule has 164 valence electrons. The number of nitrogens with zero attached hydrogens (tertiary/aromatic N) is 1. The third-order valence-electron chi connectivity index (χ3n) is 4.15. The van der Waals surface area contributed by atoms with Crippen LogP contribution in [0.25, 0.3) is 0 Å². The standard InChI is InChI=1S/C19H20ClF4N3O2S/c1-17(2,3)30(29)27-18(9-16(25)28,15-5-4-13(20)10-26-15)11-6-12(19(22,23)24)8-14(21)7-11/h4-8,10,27H,9H2,1-3H3,(H2,25,28)/t18-,30-/m0/s1. The SMILES string of the molecule is CC(C)(C)[S@](=O)N[C@@](CC(N)=O)(c1cc(F)cc(C(F)(F)F)c1)c1ccc(Cl)cn1. The maximum absolute atomic E-state index is 14.2. The van der Waals surface area contributed by atoms with Crippen LogP contribution in [0, 0.1) is 5.82 Å². The summed E-state index contributed by atoms with van der Waals surface area (Å²) in [6, 6.07) is 4.56. The predicted molar refractivity (Wildman–Crippen MR) is 106 cm³/mol. The van der Waals surface area contributed by atoms with Crippen molar-refractivity contribution in [2.75, 3.05) is 0 Å². The van der Waals surface area contributed by atoms with Crippen molar-refractivity contribution in [2.45, 2.75) is 43.7 Å². The second-order valence-corrected chi connectivity index (χ2v) is 10.0. The number of carbonyl (C=O) groups excluding carboxylic acids is 1. The lowest BCUT2D eigenvalue weighted by Gasteiger charge is -2.36. The van der Waals surface area contributed by atoms with E-state index in [-0.39, 0.29) is 16.3 Å². The minimum atomic E-state index is -4.86. The van der Waals surface area contributed by atoms with Crippen LogP contribution in [-0.4, -0.2) is 19.8 Å². The van der Waals surface area contributed by atoms with Gasteiger partial charge in [-0.1, -0.05) is 11.6 Å². The van der Waals surface area contributed by atoms with Gasteiger partial charge >= 0.3 is 6.18 Å². The number of halogens is 5. The van der Waals surface area contributed by atoms with Gasteiger partial charge in [0.05, 0.1) is 38.4 Å². The number of benzene rings is 1. The molecule has 5 nitrogen and oxygen atoms in total. The van der Waals surface area contributed by atoms with Gasteiger partial charge in [-0.15, -0.1) is 0 Å². The molecule has 1 amide bonds. The fourth-order valence-electron chi connectivity index (χ4n) is 2.69. The molecule has 3 N–H and O–H groups in total. The van der Waals surface area contributed by atoms with Crippen LogP contribution in [0.4, 0.5) is 17.6 Å². The molecule has 2 atom stereocenters. The van der Waals surface area contributed by atoms with Crippen molar-refractivity contribution >= 4 is 28.5 Å². The van der Waals surface area contributed by atoms with Crippen molar-refractivity contribution < 1.29 is 26.6 Å². The molecule has 0 saturated heterocycles. The van der Waals surface area contributed by atoms with Crippen LogP contribution in [0.5, 0.6) is 0 Å². The smallest absolute Gasteiger partial charge is 0.370 e. The van der Waals surface area contributed by atoms with E-state index in [1.165, 1.54) is 18.3 Å². The van der Waals surface area contributed by atoms with Gasteiger partial charge in [-0.05, 0) is 56.7 Å². The van der Waals surface area contributed by atoms with E-state index in [1.807, 2.05) is 0 Å². The van der Waals surface area contributed by atoms with Crippen LogP contribution >= 0.6 is 11.6 Å². The number of hydrogen-bond acceptors (Lipinski definition) is 3. The first-order valence-corrected chi connectivity index (χ1v) is 10.2. The van der Waals surface area contributed by atoms with E-state index in [0.717, 1.165) is 6.07 Å². The van der Waals surface area contributed by atoms with Crippen LogP contribution in [0.2, 0.25) is 5.02 Å². The highest BCUT2D eigenvalue weighted by Gasteiger charge is 2.43. The summed E-state index contributed by atoms with van der Waals surface area (Å²) in [5, 5.41) is 0.221. The first-order chi connectivity index (χ1) is 13.6. The summed E-state index contributed by atoms with van der Waals surface area (Å²) >= 11 is 5.86. The predicted octanol–water partition coefficient (Wildman–Crippen LogP) is 4.06. The first-order valence-electron chi connectivity index (χ1n) is 8.63. The third-order valence-corrected chi connectivity index (χ3v) is 6.01. The average molecular weight is 466 g/mol. The Kier molecular flexibility index (Phi) is 6.95. The molecule has 0 saturated carbocycles. The van der Waals surface area contributed by atoms with E-state index in [0.29, 0.717) is 12.1 Å². The van der Waals surface area contributed by atoms with Crippen LogP contribution < -0.4 is 10.5 Å². The molecule has 0 radical (unpaired) electrons. The largest absolute Gasteiger partial charge is 0.416 e. The van der Waals surface area contributed by atoms with E-state index in [1.54, 1.807) is 20.8 Å². The number of amides is 1. The minimum absolute atomic E-state index is 0.00187. The molecule has 30 heavy (non-hydrogen) atoms. The molecule has 11 heteroatoms. The van der Waals surface area contributed by atoms with E-state index in [9.17, 15) is 26.6 Å². The third kappa shape index (κ3) is 5.55. The number of nitrogens with two attached hydrogens (primary N) is 1. The second-order valence-electron chi connectivity index (χ2n) is 7.62. The Morgan fingerprint density at radius 1 is 1.17 bits per heavy atom. The zero-order valence-electron chi connectivity index (χ0n) is 16.3. The number of hydrogen-bond donors (Lipinski definition) is 2. The highest BCUT2D eigenvalue weighted by molar-refractivity contribution is 7.84. The van der Waals surface area contributed by atoms with Crippen molar-refractivity contribution in [3.8, 4) is 0 Å². The Morgan fingerprint density at radius 2 is 1.77 bits per heavy atom. The first kappa shape index (κ1) is 24.2. The van der Waals surface area contributed by atoms with Crippen molar-refractivity contribution in [1.29, 1.82) is 0 Å². The Hall–Kier alpha value is -2.04. The van der Waals surface area contributed by atoms with Gasteiger partial charge in [-0.3, -0.25) is 9.78 Å². The summed E-state index contributed by atoms with van der Waals surface area (Å²) in [7, 11) is -1.90. The van der Waals surface area contributed by atoms with E-state index in [4.69, 9.17) is 17.3 Å². The summed E-state index contributed by atoms with van der Waals surface area (Å²) in [6.45, 7) is 4.85. The highest BCUT2D eigenvalue weighted by Crippen LogP contribution is 2.38. The van der Waals surface area contributed by atoms with E-state index < -0.39 is 51.2 Å². The average Bonchev–Trinajstić information content (AvgIpc) is 2.59. The number of aromatic nitrogens is 1. The molecule has 1 aromatic carbocycles. The maximum Gasteiger partial charge on any atom is 0.416 e. The Bertz CT molecular complexity index is 962. The fraction of sp³-hybridized carbons (Fsp3) is 0.368. The quantitative estimate of drug-likeness (QED) is 0.631. The number of alkyl halides is 3. The summed E-state index contributed by atoms with van der Waals surface area (Å²) < 4.78 is 68.9. The van der Waals surface area contributed by atoms with Crippen LogP contribution in [-0.2, 0) is 27.5 Å². The topological polar surface area (TPSA) is 85.1 Å². The number of carbonyl (C=O) groups is 1. The van der Waals surface area contributed by atoms with Crippen molar-refractivity contribution in [2.24, 2.45) is 5.73 Å². The highest BCUT2D eigenvalue weighted by atomic mass is 35.5. The summed E-state index contributed by atoms with van der Waals surface area (Å²) in [5.74, 6) is -2.12. The van der Waals surface area contributed by atoms with Gasteiger partial charge in [0.1, 0.15) is 11.4 Å².